The van der Waals surface area contributed by atoms with Crippen LogP contribution in [0.15, 0.2) is 23.0 Å². The van der Waals surface area contributed by atoms with Crippen LogP contribution < -0.4 is 10.2 Å². The molecule has 0 aliphatic carbocycles. The molecule has 1 spiro atoms. The number of fused-ring (bicyclic) bond motifs is 1. The Balaban J connectivity index is 1.30. The van der Waals surface area contributed by atoms with Crippen LogP contribution in [-0.4, -0.2) is 52.4 Å². The molecule has 8 nitrogen and oxygen atoms in total. The third-order valence-electron chi connectivity index (χ3n) is 6.61. The Morgan fingerprint density at radius 1 is 1.39 bits per heavy atom. The molecule has 5 heterocycles. The van der Waals surface area contributed by atoms with Crippen molar-refractivity contribution in [2.45, 2.75) is 44.8 Å². The highest BCUT2D eigenvalue weighted by Gasteiger charge is 2.63. The van der Waals surface area contributed by atoms with Gasteiger partial charge in [-0.1, -0.05) is 12.1 Å². The van der Waals surface area contributed by atoms with Gasteiger partial charge in [-0.05, 0) is 32.3 Å². The van der Waals surface area contributed by atoms with Crippen LogP contribution in [0.4, 0.5) is 5.95 Å². The maximum absolute atomic E-state index is 12.8. The summed E-state index contributed by atoms with van der Waals surface area (Å²) in [6.07, 6.45) is 6.56. The summed E-state index contributed by atoms with van der Waals surface area (Å²) >= 11 is 0. The van der Waals surface area contributed by atoms with Gasteiger partial charge in [-0.2, -0.15) is 0 Å². The quantitative estimate of drug-likeness (QED) is 0.841. The number of hydrogen-bond acceptors (Lipinski definition) is 7. The summed E-state index contributed by atoms with van der Waals surface area (Å²) in [5.41, 5.74) is 1.16. The van der Waals surface area contributed by atoms with Gasteiger partial charge in [-0.15, -0.1) is 0 Å². The summed E-state index contributed by atoms with van der Waals surface area (Å²) in [5, 5.41) is 7.11. The lowest BCUT2D eigenvalue weighted by atomic mass is 9.73. The molecule has 3 aliphatic rings. The first kappa shape index (κ1) is 17.6. The SMILES string of the molecule is CCc1noc(C)c1C(=O)NC[C@H]1[C@H]2CN(c3ncccn3)C[C@]23CC[C@H]1O3. The van der Waals surface area contributed by atoms with E-state index in [0.717, 1.165) is 31.9 Å². The Labute approximate surface area is 163 Å². The minimum Gasteiger partial charge on any atom is -0.369 e. The van der Waals surface area contributed by atoms with Gasteiger partial charge in [0.25, 0.3) is 5.91 Å². The van der Waals surface area contributed by atoms with Crippen LogP contribution in [0.3, 0.4) is 0 Å². The predicted molar refractivity (Wildman–Crippen MR) is 101 cm³/mol. The van der Waals surface area contributed by atoms with E-state index in [1.165, 1.54) is 0 Å². The van der Waals surface area contributed by atoms with E-state index in [2.05, 4.69) is 25.3 Å². The number of anilines is 1. The number of nitrogens with one attached hydrogen (secondary N) is 1. The van der Waals surface area contributed by atoms with E-state index >= 15 is 0 Å². The average Bonchev–Trinajstić information content (AvgIpc) is 3.45. The van der Waals surface area contributed by atoms with Crippen molar-refractivity contribution < 1.29 is 14.1 Å². The van der Waals surface area contributed by atoms with Crippen molar-refractivity contribution in [3.8, 4) is 0 Å². The first-order valence-electron chi connectivity index (χ1n) is 10.0. The van der Waals surface area contributed by atoms with E-state index in [1.54, 1.807) is 19.3 Å². The molecular formula is C20H25N5O3. The monoisotopic (exact) mass is 383 g/mol. The highest BCUT2D eigenvalue weighted by Crippen LogP contribution is 2.54. The second-order valence-electron chi connectivity index (χ2n) is 8.08. The normalized spacial score (nSPS) is 30.6. The molecule has 2 bridgehead atoms. The Morgan fingerprint density at radius 3 is 3.00 bits per heavy atom. The van der Waals surface area contributed by atoms with E-state index in [4.69, 9.17) is 9.26 Å². The number of carbonyl (C=O) groups is 1. The van der Waals surface area contributed by atoms with Gasteiger partial charge in [-0.3, -0.25) is 4.79 Å². The summed E-state index contributed by atoms with van der Waals surface area (Å²) in [6.45, 7) is 6.06. The first-order valence-corrected chi connectivity index (χ1v) is 10.0. The molecular weight excluding hydrogens is 358 g/mol. The minimum atomic E-state index is -0.124. The largest absolute Gasteiger partial charge is 0.369 e. The maximum Gasteiger partial charge on any atom is 0.256 e. The lowest BCUT2D eigenvalue weighted by molar-refractivity contribution is 0.0141. The smallest absolute Gasteiger partial charge is 0.256 e. The van der Waals surface area contributed by atoms with Crippen molar-refractivity contribution in [1.29, 1.82) is 0 Å². The van der Waals surface area contributed by atoms with Crippen LogP contribution in [0.1, 0.15) is 41.6 Å². The van der Waals surface area contributed by atoms with E-state index in [9.17, 15) is 4.79 Å². The molecule has 3 fully saturated rings. The number of rotatable bonds is 5. The van der Waals surface area contributed by atoms with Crippen LogP contribution >= 0.6 is 0 Å². The zero-order valence-corrected chi connectivity index (χ0v) is 16.2. The summed E-state index contributed by atoms with van der Waals surface area (Å²) < 4.78 is 11.7. The summed E-state index contributed by atoms with van der Waals surface area (Å²) in [4.78, 5) is 23.8. The van der Waals surface area contributed by atoms with Gasteiger partial charge in [-0.25, -0.2) is 9.97 Å². The van der Waals surface area contributed by atoms with Crippen LogP contribution in [0.5, 0.6) is 0 Å². The van der Waals surface area contributed by atoms with Crippen LogP contribution in [0.2, 0.25) is 0 Å². The second-order valence-corrected chi connectivity index (χ2v) is 8.08. The minimum absolute atomic E-state index is 0.103. The topological polar surface area (TPSA) is 93.4 Å². The van der Waals surface area contributed by atoms with E-state index in [1.807, 2.05) is 13.0 Å². The van der Waals surface area contributed by atoms with Gasteiger partial charge in [0.15, 0.2) is 0 Å². The number of ether oxygens (including phenoxy) is 1. The molecule has 2 aromatic heterocycles. The number of aryl methyl sites for hydroxylation is 2. The van der Waals surface area contributed by atoms with Gasteiger partial charge in [0.05, 0.1) is 23.9 Å². The molecule has 148 valence electrons. The highest BCUT2D eigenvalue weighted by molar-refractivity contribution is 5.96. The van der Waals surface area contributed by atoms with Gasteiger partial charge < -0.3 is 19.5 Å². The summed E-state index contributed by atoms with van der Waals surface area (Å²) in [5.74, 6) is 1.91. The van der Waals surface area contributed by atoms with Gasteiger partial charge in [0.2, 0.25) is 5.95 Å². The Hall–Kier alpha value is -2.48. The number of nitrogens with zero attached hydrogens (tertiary/aromatic N) is 4. The highest BCUT2D eigenvalue weighted by atomic mass is 16.5. The zero-order chi connectivity index (χ0) is 19.3. The molecule has 28 heavy (non-hydrogen) atoms. The number of aromatic nitrogens is 3. The molecule has 5 rings (SSSR count). The summed E-state index contributed by atoms with van der Waals surface area (Å²) in [6, 6.07) is 1.83. The fraction of sp³-hybridized carbons (Fsp3) is 0.600. The van der Waals surface area contributed by atoms with Crippen LogP contribution in [0, 0.1) is 18.8 Å². The number of amides is 1. The van der Waals surface area contributed by atoms with Crippen molar-refractivity contribution in [2.24, 2.45) is 11.8 Å². The maximum atomic E-state index is 12.8. The molecule has 0 unspecified atom stereocenters. The molecule has 1 amide bonds. The Morgan fingerprint density at radius 2 is 2.21 bits per heavy atom. The molecule has 8 heteroatoms. The fourth-order valence-electron chi connectivity index (χ4n) is 5.32. The van der Waals surface area contributed by atoms with Gasteiger partial charge >= 0.3 is 0 Å². The summed E-state index contributed by atoms with van der Waals surface area (Å²) in [7, 11) is 0. The molecule has 1 N–H and O–H groups in total. The van der Waals surface area contributed by atoms with Crippen LogP contribution in [0.25, 0.3) is 0 Å². The van der Waals surface area contributed by atoms with E-state index in [0.29, 0.717) is 41.8 Å². The van der Waals surface area contributed by atoms with E-state index < -0.39 is 0 Å². The average molecular weight is 383 g/mol. The molecule has 3 saturated heterocycles. The van der Waals surface area contributed by atoms with Crippen LogP contribution in [-0.2, 0) is 11.2 Å². The Bertz CT molecular complexity index is 885. The molecule has 2 aromatic rings. The fourth-order valence-corrected chi connectivity index (χ4v) is 5.32. The lowest BCUT2D eigenvalue weighted by Crippen LogP contribution is -2.42. The zero-order valence-electron chi connectivity index (χ0n) is 16.2. The third-order valence-corrected chi connectivity index (χ3v) is 6.61. The molecule has 0 radical (unpaired) electrons. The molecule has 4 atom stereocenters. The van der Waals surface area contributed by atoms with Gasteiger partial charge in [0, 0.05) is 37.3 Å². The Kier molecular flexibility index (Phi) is 4.12. The van der Waals surface area contributed by atoms with Gasteiger partial charge in [0.1, 0.15) is 11.3 Å². The van der Waals surface area contributed by atoms with Crippen molar-refractivity contribution in [3.05, 3.63) is 35.5 Å². The standard InChI is InChI=1S/C20H25N5O3/c1-3-15-17(12(2)28-24-15)18(26)23-9-13-14-10-25(19-21-7-4-8-22-19)11-20(14)6-5-16(13)27-20/h4,7-8,13-14,16H,3,5-6,9-11H2,1-2H3,(H,23,26)/t13-,14+,16+,20+/m0/s1. The predicted octanol–water partition coefficient (Wildman–Crippen LogP) is 1.75. The van der Waals surface area contributed by atoms with Crippen molar-refractivity contribution in [3.63, 3.8) is 0 Å². The number of carbonyl (C=O) groups excluding carboxylic acids is 1. The second kappa shape index (κ2) is 6.55. The first-order chi connectivity index (χ1) is 13.6. The lowest BCUT2D eigenvalue weighted by Gasteiger charge is -2.29. The molecule has 3 aliphatic heterocycles. The van der Waals surface area contributed by atoms with Crippen molar-refractivity contribution >= 4 is 11.9 Å². The van der Waals surface area contributed by atoms with Crippen molar-refractivity contribution in [2.75, 3.05) is 24.5 Å². The molecule has 0 aromatic carbocycles. The van der Waals surface area contributed by atoms with Crippen molar-refractivity contribution in [1.82, 2.24) is 20.4 Å². The van der Waals surface area contributed by atoms with E-state index in [-0.39, 0.29) is 17.6 Å². The molecule has 0 saturated carbocycles. The third kappa shape index (κ3) is 2.62. The number of hydrogen-bond donors (Lipinski definition) is 1.